The largest absolute Gasteiger partial charge is 0.464 e. The Labute approximate surface area is 120 Å². The molecule has 0 radical (unpaired) electrons. The predicted molar refractivity (Wildman–Crippen MR) is 81.8 cm³/mol. The molecule has 20 heavy (non-hydrogen) atoms. The Bertz CT molecular complexity index is 536. The summed E-state index contributed by atoms with van der Waals surface area (Å²) < 4.78 is 5.60. The molecule has 2 aromatic heterocycles. The van der Waals surface area contributed by atoms with Crippen molar-refractivity contribution in [3.63, 3.8) is 0 Å². The normalized spacial score (nSPS) is 10.8. The van der Waals surface area contributed by atoms with E-state index in [0.717, 1.165) is 43.4 Å². The molecule has 2 rings (SSSR count). The van der Waals surface area contributed by atoms with E-state index in [1.807, 2.05) is 32.3 Å². The second-order valence-corrected chi connectivity index (χ2v) is 5.07. The lowest BCUT2D eigenvalue weighted by Gasteiger charge is -2.17. The number of aryl methyl sites for hydroxylation is 1. The van der Waals surface area contributed by atoms with Crippen LogP contribution in [0.1, 0.15) is 30.4 Å². The van der Waals surface area contributed by atoms with Crippen molar-refractivity contribution < 1.29 is 4.42 Å². The number of hydrogen-bond donors (Lipinski definition) is 1. The van der Waals surface area contributed by atoms with E-state index in [4.69, 9.17) is 4.42 Å². The molecule has 4 heteroatoms. The highest BCUT2D eigenvalue weighted by molar-refractivity contribution is 5.40. The molecular formula is C16H23N3O. The minimum Gasteiger partial charge on any atom is -0.464 e. The van der Waals surface area contributed by atoms with Crippen LogP contribution < -0.4 is 10.2 Å². The van der Waals surface area contributed by atoms with Gasteiger partial charge in [-0.1, -0.05) is 6.92 Å². The standard InChI is InChI=1S/C16H23N3O/c1-4-8-17-11-14-7-9-18-16(10-14)19(3)12-15-6-5-13(2)20-15/h5-7,9-10,17H,4,8,11-12H2,1-3H3. The van der Waals surface area contributed by atoms with Crippen molar-refractivity contribution in [3.05, 3.63) is 47.5 Å². The predicted octanol–water partition coefficient (Wildman–Crippen LogP) is 3.12. The number of hydrogen-bond acceptors (Lipinski definition) is 4. The summed E-state index contributed by atoms with van der Waals surface area (Å²) in [5.41, 5.74) is 1.26. The second kappa shape index (κ2) is 7.10. The van der Waals surface area contributed by atoms with Crippen LogP contribution in [-0.4, -0.2) is 18.6 Å². The first-order valence-corrected chi connectivity index (χ1v) is 7.11. The number of furan rings is 1. The Morgan fingerprint density at radius 3 is 2.85 bits per heavy atom. The Morgan fingerprint density at radius 2 is 2.15 bits per heavy atom. The fourth-order valence-electron chi connectivity index (χ4n) is 2.07. The van der Waals surface area contributed by atoms with Crippen molar-refractivity contribution in [1.29, 1.82) is 0 Å². The van der Waals surface area contributed by atoms with E-state index in [-0.39, 0.29) is 0 Å². The average Bonchev–Trinajstić information content (AvgIpc) is 2.85. The van der Waals surface area contributed by atoms with Gasteiger partial charge >= 0.3 is 0 Å². The van der Waals surface area contributed by atoms with Gasteiger partial charge in [0.05, 0.1) is 6.54 Å². The van der Waals surface area contributed by atoms with E-state index < -0.39 is 0 Å². The number of nitrogens with zero attached hydrogens (tertiary/aromatic N) is 2. The van der Waals surface area contributed by atoms with E-state index in [1.165, 1.54) is 5.56 Å². The molecule has 0 saturated carbocycles. The zero-order valence-electron chi connectivity index (χ0n) is 12.5. The van der Waals surface area contributed by atoms with Gasteiger partial charge in [-0.15, -0.1) is 0 Å². The first-order valence-electron chi connectivity index (χ1n) is 7.11. The van der Waals surface area contributed by atoms with Crippen LogP contribution in [0.5, 0.6) is 0 Å². The van der Waals surface area contributed by atoms with E-state index >= 15 is 0 Å². The molecule has 0 aliphatic heterocycles. The van der Waals surface area contributed by atoms with Gasteiger partial charge in [0, 0.05) is 19.8 Å². The van der Waals surface area contributed by atoms with Crippen LogP contribution in [0.3, 0.4) is 0 Å². The highest BCUT2D eigenvalue weighted by atomic mass is 16.3. The number of anilines is 1. The summed E-state index contributed by atoms with van der Waals surface area (Å²) in [5.74, 6) is 2.87. The summed E-state index contributed by atoms with van der Waals surface area (Å²) in [7, 11) is 2.03. The fourth-order valence-corrected chi connectivity index (χ4v) is 2.07. The van der Waals surface area contributed by atoms with Crippen molar-refractivity contribution in [2.45, 2.75) is 33.4 Å². The maximum absolute atomic E-state index is 5.60. The molecule has 0 atom stereocenters. The molecule has 2 heterocycles. The molecule has 1 N–H and O–H groups in total. The number of nitrogens with one attached hydrogen (secondary N) is 1. The van der Waals surface area contributed by atoms with E-state index in [2.05, 4.69) is 34.3 Å². The van der Waals surface area contributed by atoms with Crippen LogP contribution in [0.2, 0.25) is 0 Å². The van der Waals surface area contributed by atoms with Crippen molar-refractivity contribution in [1.82, 2.24) is 10.3 Å². The molecule has 0 amide bonds. The first kappa shape index (κ1) is 14.6. The molecule has 4 nitrogen and oxygen atoms in total. The topological polar surface area (TPSA) is 41.3 Å². The molecule has 0 aliphatic carbocycles. The maximum atomic E-state index is 5.60. The summed E-state index contributed by atoms with van der Waals surface area (Å²) in [6.45, 7) is 6.79. The van der Waals surface area contributed by atoms with Crippen LogP contribution in [0, 0.1) is 6.92 Å². The van der Waals surface area contributed by atoms with Crippen molar-refractivity contribution in [3.8, 4) is 0 Å². The first-order chi connectivity index (χ1) is 9.69. The molecule has 0 aromatic carbocycles. The molecule has 108 valence electrons. The Morgan fingerprint density at radius 1 is 1.30 bits per heavy atom. The number of rotatable bonds is 7. The average molecular weight is 273 g/mol. The number of pyridine rings is 1. The SMILES string of the molecule is CCCNCc1ccnc(N(C)Cc2ccc(C)o2)c1. The lowest BCUT2D eigenvalue weighted by Crippen LogP contribution is -2.18. The van der Waals surface area contributed by atoms with Gasteiger partial charge in [-0.2, -0.15) is 0 Å². The molecule has 0 fully saturated rings. The van der Waals surface area contributed by atoms with Gasteiger partial charge in [0.1, 0.15) is 17.3 Å². The molecule has 0 bridgehead atoms. The quantitative estimate of drug-likeness (QED) is 0.787. The third-order valence-electron chi connectivity index (χ3n) is 3.15. The van der Waals surface area contributed by atoms with Gasteiger partial charge in [0.15, 0.2) is 0 Å². The van der Waals surface area contributed by atoms with E-state index in [1.54, 1.807) is 0 Å². The van der Waals surface area contributed by atoms with Crippen LogP contribution >= 0.6 is 0 Å². The molecule has 2 aromatic rings. The van der Waals surface area contributed by atoms with Crippen molar-refractivity contribution in [2.24, 2.45) is 0 Å². The Balaban J connectivity index is 1.98. The van der Waals surface area contributed by atoms with Gasteiger partial charge in [-0.05, 0) is 49.7 Å². The van der Waals surface area contributed by atoms with Crippen molar-refractivity contribution >= 4 is 5.82 Å². The Kier molecular flexibility index (Phi) is 5.18. The second-order valence-electron chi connectivity index (χ2n) is 5.07. The summed E-state index contributed by atoms with van der Waals surface area (Å²) >= 11 is 0. The highest BCUT2D eigenvalue weighted by Crippen LogP contribution is 2.15. The summed E-state index contributed by atoms with van der Waals surface area (Å²) in [6, 6.07) is 8.18. The van der Waals surface area contributed by atoms with E-state index in [0.29, 0.717) is 0 Å². The molecule has 0 spiro atoms. The fraction of sp³-hybridized carbons (Fsp3) is 0.438. The minimum absolute atomic E-state index is 0.729. The molecule has 0 aliphatic rings. The van der Waals surface area contributed by atoms with Crippen LogP contribution in [0.15, 0.2) is 34.9 Å². The summed E-state index contributed by atoms with van der Waals surface area (Å²) in [6.07, 6.45) is 3.01. The zero-order valence-corrected chi connectivity index (χ0v) is 12.5. The summed E-state index contributed by atoms with van der Waals surface area (Å²) in [5, 5.41) is 3.41. The smallest absolute Gasteiger partial charge is 0.128 e. The van der Waals surface area contributed by atoms with Gasteiger partial charge in [-0.3, -0.25) is 0 Å². The van der Waals surface area contributed by atoms with E-state index in [9.17, 15) is 0 Å². The van der Waals surface area contributed by atoms with Crippen LogP contribution in [0.25, 0.3) is 0 Å². The maximum Gasteiger partial charge on any atom is 0.128 e. The van der Waals surface area contributed by atoms with Gasteiger partial charge in [-0.25, -0.2) is 4.98 Å². The van der Waals surface area contributed by atoms with Gasteiger partial charge < -0.3 is 14.6 Å². The third kappa shape index (κ3) is 4.10. The molecule has 0 saturated heterocycles. The van der Waals surface area contributed by atoms with Crippen LogP contribution in [-0.2, 0) is 13.1 Å². The monoisotopic (exact) mass is 273 g/mol. The van der Waals surface area contributed by atoms with Gasteiger partial charge in [0.2, 0.25) is 0 Å². The minimum atomic E-state index is 0.729. The Hall–Kier alpha value is -1.81. The van der Waals surface area contributed by atoms with Crippen LogP contribution in [0.4, 0.5) is 5.82 Å². The zero-order chi connectivity index (χ0) is 14.4. The number of aromatic nitrogens is 1. The lowest BCUT2D eigenvalue weighted by atomic mass is 10.2. The van der Waals surface area contributed by atoms with Gasteiger partial charge in [0.25, 0.3) is 0 Å². The van der Waals surface area contributed by atoms with Crippen molar-refractivity contribution in [2.75, 3.05) is 18.5 Å². The molecule has 0 unspecified atom stereocenters. The third-order valence-corrected chi connectivity index (χ3v) is 3.15. The lowest BCUT2D eigenvalue weighted by molar-refractivity contribution is 0.481. The summed E-state index contributed by atoms with van der Waals surface area (Å²) in [4.78, 5) is 6.53. The highest BCUT2D eigenvalue weighted by Gasteiger charge is 2.07. The molecular weight excluding hydrogens is 250 g/mol.